The van der Waals surface area contributed by atoms with Crippen LogP contribution in [0.4, 0.5) is 0 Å². The zero-order chi connectivity index (χ0) is 19.2. The van der Waals surface area contributed by atoms with Crippen molar-refractivity contribution in [2.45, 2.75) is 26.7 Å². The molecule has 27 heavy (non-hydrogen) atoms. The highest BCUT2D eigenvalue weighted by molar-refractivity contribution is 6.08. The Hall–Kier alpha value is -2.55. The highest BCUT2D eigenvalue weighted by Gasteiger charge is 2.60. The van der Waals surface area contributed by atoms with E-state index in [4.69, 9.17) is 0 Å². The molecule has 0 heterocycles. The maximum absolute atomic E-state index is 13.5. The summed E-state index contributed by atoms with van der Waals surface area (Å²) in [6.45, 7) is 4.13. The van der Waals surface area contributed by atoms with Gasteiger partial charge >= 0.3 is 0 Å². The maximum atomic E-state index is 13.5. The molecule has 0 amide bonds. The monoisotopic (exact) mass is 360 g/mol. The first kappa shape index (κ1) is 17.8. The number of Topliss-reactive ketones (excluding diaryl/α,β-unsaturated/α-hetero) is 3. The van der Waals surface area contributed by atoms with E-state index in [1.165, 1.54) is 0 Å². The first-order valence-electron chi connectivity index (χ1n) is 9.61. The fourth-order valence-corrected chi connectivity index (χ4v) is 5.42. The Bertz CT molecular complexity index is 882. The number of hydrogen-bond donors (Lipinski definition) is 0. The van der Waals surface area contributed by atoms with Crippen LogP contribution in [-0.2, 0) is 4.79 Å². The van der Waals surface area contributed by atoms with Gasteiger partial charge in [-0.25, -0.2) is 0 Å². The quantitative estimate of drug-likeness (QED) is 0.748. The summed E-state index contributed by atoms with van der Waals surface area (Å²) in [6, 6.07) is 18.3. The van der Waals surface area contributed by atoms with Crippen molar-refractivity contribution in [3.05, 3.63) is 71.8 Å². The lowest BCUT2D eigenvalue weighted by atomic mass is 9.47. The number of hydrogen-bond acceptors (Lipinski definition) is 3. The lowest BCUT2D eigenvalue weighted by Gasteiger charge is -2.54. The van der Waals surface area contributed by atoms with Gasteiger partial charge in [0.1, 0.15) is 5.78 Å². The van der Waals surface area contributed by atoms with Crippen LogP contribution in [-0.4, -0.2) is 17.3 Å². The van der Waals surface area contributed by atoms with Crippen molar-refractivity contribution in [3.8, 4) is 0 Å². The summed E-state index contributed by atoms with van der Waals surface area (Å²) >= 11 is 0. The summed E-state index contributed by atoms with van der Waals surface area (Å²) in [4.78, 5) is 39.7. The lowest BCUT2D eigenvalue weighted by molar-refractivity contribution is -0.143. The first-order chi connectivity index (χ1) is 12.9. The van der Waals surface area contributed by atoms with Gasteiger partial charge < -0.3 is 0 Å². The minimum atomic E-state index is -0.574. The normalized spacial score (nSPS) is 28.7. The molecule has 0 aromatic heterocycles. The van der Waals surface area contributed by atoms with E-state index in [2.05, 4.69) is 13.8 Å². The molecule has 0 saturated heterocycles. The van der Waals surface area contributed by atoms with Crippen LogP contribution in [0.2, 0.25) is 0 Å². The van der Waals surface area contributed by atoms with E-state index >= 15 is 0 Å². The molecule has 3 aliphatic rings. The van der Waals surface area contributed by atoms with Gasteiger partial charge in [0.2, 0.25) is 0 Å². The van der Waals surface area contributed by atoms with E-state index in [0.29, 0.717) is 17.5 Å². The van der Waals surface area contributed by atoms with Crippen molar-refractivity contribution < 1.29 is 14.4 Å². The molecule has 0 spiro atoms. The molecule has 5 rings (SSSR count). The van der Waals surface area contributed by atoms with Crippen molar-refractivity contribution in [1.82, 2.24) is 0 Å². The SMILES string of the molecule is CC1(C)C[C@@H]2CC(=O)[C@H]1[C@@H](C(=O)c1ccccc1)[C@@H]2C(=O)c1ccccc1. The summed E-state index contributed by atoms with van der Waals surface area (Å²) in [6.07, 6.45) is 1.22. The second-order valence-electron chi connectivity index (χ2n) is 8.61. The predicted molar refractivity (Wildman–Crippen MR) is 104 cm³/mol. The van der Waals surface area contributed by atoms with E-state index < -0.39 is 17.8 Å². The average Bonchev–Trinajstić information content (AvgIpc) is 2.66. The third-order valence-corrected chi connectivity index (χ3v) is 6.42. The standard InChI is InChI=1S/C24H24O3/c1-24(2)14-17-13-18(25)21(24)20(23(27)16-11-7-4-8-12-16)19(17)22(26)15-9-5-3-6-10-15/h3-12,17,19-21H,13-14H2,1-2H3/t17-,19+,20-,21-/m0/s1. The molecular formula is C24H24O3. The van der Waals surface area contributed by atoms with E-state index in [1.54, 1.807) is 12.1 Å². The van der Waals surface area contributed by atoms with Crippen LogP contribution >= 0.6 is 0 Å². The smallest absolute Gasteiger partial charge is 0.167 e. The fourth-order valence-electron chi connectivity index (χ4n) is 5.42. The highest BCUT2D eigenvalue weighted by Crippen LogP contribution is 2.57. The number of carbonyl (C=O) groups excluding carboxylic acids is 3. The molecule has 2 aromatic rings. The van der Waals surface area contributed by atoms with Gasteiger partial charge in [0.25, 0.3) is 0 Å². The van der Waals surface area contributed by atoms with Gasteiger partial charge in [0, 0.05) is 35.3 Å². The van der Waals surface area contributed by atoms with Crippen molar-refractivity contribution >= 4 is 17.3 Å². The number of rotatable bonds is 4. The minimum Gasteiger partial charge on any atom is -0.299 e. The van der Waals surface area contributed by atoms with Crippen LogP contribution in [0.25, 0.3) is 0 Å². The fraction of sp³-hybridized carbons (Fsp3) is 0.375. The molecule has 3 saturated carbocycles. The molecule has 2 bridgehead atoms. The Kier molecular flexibility index (Phi) is 4.33. The van der Waals surface area contributed by atoms with Gasteiger partial charge in [-0.2, -0.15) is 0 Å². The number of ketones is 3. The van der Waals surface area contributed by atoms with Gasteiger partial charge in [-0.3, -0.25) is 14.4 Å². The summed E-state index contributed by atoms with van der Waals surface area (Å²) in [5, 5.41) is 0. The summed E-state index contributed by atoms with van der Waals surface area (Å²) < 4.78 is 0. The molecule has 2 aromatic carbocycles. The zero-order valence-corrected chi connectivity index (χ0v) is 15.7. The van der Waals surface area contributed by atoms with Crippen LogP contribution in [0.15, 0.2) is 60.7 Å². The second-order valence-corrected chi connectivity index (χ2v) is 8.61. The third kappa shape index (κ3) is 2.95. The Morgan fingerprint density at radius 1 is 0.815 bits per heavy atom. The molecule has 0 unspecified atom stereocenters. The highest BCUT2D eigenvalue weighted by atomic mass is 16.1. The topological polar surface area (TPSA) is 51.2 Å². The van der Waals surface area contributed by atoms with Gasteiger partial charge in [-0.05, 0) is 17.8 Å². The van der Waals surface area contributed by atoms with Crippen LogP contribution < -0.4 is 0 Å². The van der Waals surface area contributed by atoms with Crippen molar-refractivity contribution in [1.29, 1.82) is 0 Å². The largest absolute Gasteiger partial charge is 0.299 e. The summed E-state index contributed by atoms with van der Waals surface area (Å²) in [5.41, 5.74) is 0.957. The maximum Gasteiger partial charge on any atom is 0.167 e. The van der Waals surface area contributed by atoms with Crippen LogP contribution in [0.5, 0.6) is 0 Å². The molecule has 3 heteroatoms. The van der Waals surface area contributed by atoms with Crippen molar-refractivity contribution in [2.75, 3.05) is 0 Å². The van der Waals surface area contributed by atoms with E-state index in [-0.39, 0.29) is 28.7 Å². The number of carbonyl (C=O) groups is 3. The lowest BCUT2D eigenvalue weighted by Crippen LogP contribution is -2.58. The van der Waals surface area contributed by atoms with E-state index in [0.717, 1.165) is 6.42 Å². The van der Waals surface area contributed by atoms with Crippen molar-refractivity contribution in [2.24, 2.45) is 29.1 Å². The molecule has 3 aliphatic carbocycles. The molecular weight excluding hydrogens is 336 g/mol. The van der Waals surface area contributed by atoms with Gasteiger partial charge in [0.15, 0.2) is 11.6 Å². The Morgan fingerprint density at radius 2 is 1.30 bits per heavy atom. The summed E-state index contributed by atoms with van der Waals surface area (Å²) in [7, 11) is 0. The van der Waals surface area contributed by atoms with Crippen LogP contribution in [0.3, 0.4) is 0 Å². The predicted octanol–water partition coefficient (Wildman–Crippen LogP) is 4.62. The molecule has 4 atom stereocenters. The molecule has 3 nitrogen and oxygen atoms in total. The van der Waals surface area contributed by atoms with Gasteiger partial charge in [-0.15, -0.1) is 0 Å². The van der Waals surface area contributed by atoms with Crippen LogP contribution in [0.1, 0.15) is 47.4 Å². The second kappa shape index (κ2) is 6.56. The summed E-state index contributed by atoms with van der Waals surface area (Å²) in [5.74, 6) is -1.38. The van der Waals surface area contributed by atoms with Crippen molar-refractivity contribution in [3.63, 3.8) is 0 Å². The Balaban J connectivity index is 1.80. The molecule has 0 radical (unpaired) electrons. The first-order valence-corrected chi connectivity index (χ1v) is 9.61. The molecule has 0 N–H and O–H groups in total. The Labute approximate surface area is 159 Å². The van der Waals surface area contributed by atoms with E-state index in [1.807, 2.05) is 48.5 Å². The Morgan fingerprint density at radius 3 is 1.78 bits per heavy atom. The average molecular weight is 360 g/mol. The molecule has 3 fully saturated rings. The minimum absolute atomic E-state index is 0.00267. The number of fused-ring (bicyclic) bond motifs is 3. The van der Waals surface area contributed by atoms with Gasteiger partial charge in [-0.1, -0.05) is 74.5 Å². The van der Waals surface area contributed by atoms with E-state index in [9.17, 15) is 14.4 Å². The zero-order valence-electron chi connectivity index (χ0n) is 15.7. The van der Waals surface area contributed by atoms with Gasteiger partial charge in [0.05, 0.1) is 0 Å². The number of benzene rings is 2. The molecule has 138 valence electrons. The molecule has 0 aliphatic heterocycles. The van der Waals surface area contributed by atoms with Crippen LogP contribution in [0, 0.1) is 29.1 Å². The third-order valence-electron chi connectivity index (χ3n) is 6.42.